The van der Waals surface area contributed by atoms with Crippen LogP contribution in [0.1, 0.15) is 27.1 Å². The number of amides is 2. The fraction of sp³-hybridized carbons (Fsp3) is 0.250. The van der Waals surface area contributed by atoms with Crippen LogP contribution in [0.15, 0.2) is 42.5 Å². The second-order valence-corrected chi connectivity index (χ2v) is 7.68. The second kappa shape index (κ2) is 11.3. The van der Waals surface area contributed by atoms with Crippen molar-refractivity contribution in [3.8, 4) is 0 Å². The first-order chi connectivity index (χ1) is 14.8. The normalized spacial score (nSPS) is 11.3. The van der Waals surface area contributed by atoms with E-state index in [1.54, 1.807) is 12.1 Å². The van der Waals surface area contributed by atoms with Crippen LogP contribution in [0.5, 0.6) is 0 Å². The van der Waals surface area contributed by atoms with Gasteiger partial charge in [0.15, 0.2) is 0 Å². The Bertz CT molecular complexity index is 983. The molecule has 2 aromatic carbocycles. The molecule has 9 nitrogen and oxygen atoms in total. The highest BCUT2D eigenvalue weighted by molar-refractivity contribution is 7.98. The lowest BCUT2D eigenvalue weighted by atomic mass is 10.1. The van der Waals surface area contributed by atoms with E-state index < -0.39 is 34.4 Å². The lowest BCUT2D eigenvalue weighted by molar-refractivity contribution is -0.384. The Morgan fingerprint density at radius 2 is 1.81 bits per heavy atom. The number of anilines is 1. The molecule has 0 saturated heterocycles. The molecule has 11 heteroatoms. The smallest absolute Gasteiger partial charge is 0.337 e. The number of esters is 1. The van der Waals surface area contributed by atoms with E-state index in [1.165, 1.54) is 43.1 Å². The Labute approximate surface area is 187 Å². The van der Waals surface area contributed by atoms with Crippen molar-refractivity contribution in [3.63, 3.8) is 0 Å². The number of nitro groups is 1. The summed E-state index contributed by atoms with van der Waals surface area (Å²) in [5.41, 5.74) is 0.380. The predicted octanol–water partition coefficient (Wildman–Crippen LogP) is 3.53. The molecule has 1 unspecified atom stereocenters. The number of nitro benzene ring substituents is 1. The van der Waals surface area contributed by atoms with E-state index in [4.69, 9.17) is 11.6 Å². The quantitative estimate of drug-likeness (QED) is 0.329. The van der Waals surface area contributed by atoms with Gasteiger partial charge in [-0.15, -0.1) is 0 Å². The number of nitrogens with zero attached hydrogens (tertiary/aromatic N) is 1. The van der Waals surface area contributed by atoms with Crippen LogP contribution in [0.3, 0.4) is 0 Å². The van der Waals surface area contributed by atoms with Gasteiger partial charge in [-0.2, -0.15) is 11.8 Å². The number of hydrogen-bond donors (Lipinski definition) is 2. The molecule has 31 heavy (non-hydrogen) atoms. The Kier molecular flexibility index (Phi) is 8.83. The Balaban J connectivity index is 2.14. The highest BCUT2D eigenvalue weighted by Gasteiger charge is 2.23. The highest BCUT2D eigenvalue weighted by Crippen LogP contribution is 2.25. The van der Waals surface area contributed by atoms with Crippen LogP contribution in [0.25, 0.3) is 0 Å². The summed E-state index contributed by atoms with van der Waals surface area (Å²) >= 11 is 7.28. The fourth-order valence-electron chi connectivity index (χ4n) is 2.58. The van der Waals surface area contributed by atoms with Gasteiger partial charge in [0, 0.05) is 17.3 Å². The van der Waals surface area contributed by atoms with E-state index in [2.05, 4.69) is 15.4 Å². The van der Waals surface area contributed by atoms with Gasteiger partial charge in [-0.1, -0.05) is 11.6 Å². The molecule has 0 aliphatic heterocycles. The molecule has 0 saturated carbocycles. The number of methoxy groups -OCH3 is 1. The molecule has 0 radical (unpaired) electrons. The molecule has 164 valence electrons. The molecule has 0 aromatic heterocycles. The minimum atomic E-state index is -0.880. The van der Waals surface area contributed by atoms with Crippen LogP contribution < -0.4 is 10.6 Å². The van der Waals surface area contributed by atoms with Gasteiger partial charge in [0.05, 0.1) is 17.6 Å². The van der Waals surface area contributed by atoms with E-state index in [0.717, 1.165) is 6.07 Å². The van der Waals surface area contributed by atoms with Crippen molar-refractivity contribution in [2.75, 3.05) is 24.4 Å². The topological polar surface area (TPSA) is 128 Å². The zero-order valence-electron chi connectivity index (χ0n) is 16.7. The number of ether oxygens (including phenoxy) is 1. The molecular formula is C20H20ClN3O6S. The lowest BCUT2D eigenvalue weighted by Crippen LogP contribution is -2.44. The van der Waals surface area contributed by atoms with Crippen molar-refractivity contribution < 1.29 is 24.0 Å². The maximum absolute atomic E-state index is 12.7. The maximum Gasteiger partial charge on any atom is 0.337 e. The van der Waals surface area contributed by atoms with Gasteiger partial charge in [-0.3, -0.25) is 19.7 Å². The molecule has 0 heterocycles. The maximum atomic E-state index is 12.7. The van der Waals surface area contributed by atoms with Gasteiger partial charge in [0.2, 0.25) is 5.91 Å². The number of carbonyl (C=O) groups is 3. The first-order valence-corrected chi connectivity index (χ1v) is 10.8. The summed E-state index contributed by atoms with van der Waals surface area (Å²) in [4.78, 5) is 47.2. The van der Waals surface area contributed by atoms with Gasteiger partial charge in [-0.05, 0) is 54.8 Å². The molecule has 2 N–H and O–H groups in total. The molecule has 0 spiro atoms. The number of rotatable bonds is 9. The summed E-state index contributed by atoms with van der Waals surface area (Å²) in [6.45, 7) is 0. The van der Waals surface area contributed by atoms with Crippen LogP contribution in [0.2, 0.25) is 5.02 Å². The van der Waals surface area contributed by atoms with E-state index in [-0.39, 0.29) is 10.6 Å². The van der Waals surface area contributed by atoms with Crippen LogP contribution >= 0.6 is 23.4 Å². The average molecular weight is 466 g/mol. The summed E-state index contributed by atoms with van der Waals surface area (Å²) in [5.74, 6) is -1.00. The summed E-state index contributed by atoms with van der Waals surface area (Å²) in [6.07, 6.45) is 2.21. The van der Waals surface area contributed by atoms with Crippen molar-refractivity contribution in [2.45, 2.75) is 12.5 Å². The average Bonchev–Trinajstić information content (AvgIpc) is 2.76. The van der Waals surface area contributed by atoms with Gasteiger partial charge in [-0.25, -0.2) is 4.79 Å². The zero-order valence-corrected chi connectivity index (χ0v) is 18.3. The third-order valence-electron chi connectivity index (χ3n) is 4.21. The summed E-state index contributed by atoms with van der Waals surface area (Å²) in [6, 6.07) is 8.88. The first kappa shape index (κ1) is 24.2. The van der Waals surface area contributed by atoms with Gasteiger partial charge in [0.25, 0.3) is 11.6 Å². The fourth-order valence-corrected chi connectivity index (χ4v) is 3.23. The molecule has 2 aromatic rings. The molecule has 0 bridgehead atoms. The molecule has 1 atom stereocenters. The van der Waals surface area contributed by atoms with Crippen LogP contribution in [-0.2, 0) is 9.53 Å². The summed E-state index contributed by atoms with van der Waals surface area (Å²) in [7, 11) is 1.27. The van der Waals surface area contributed by atoms with Crippen molar-refractivity contribution in [3.05, 3.63) is 68.7 Å². The molecule has 0 fully saturated rings. The van der Waals surface area contributed by atoms with Crippen molar-refractivity contribution in [2.24, 2.45) is 0 Å². The third-order valence-corrected chi connectivity index (χ3v) is 5.17. The monoisotopic (exact) mass is 465 g/mol. The standard InChI is InChI=1S/C20H20ClN3O6S/c1-30-20(27)12-3-6-14(7-4-12)22-19(26)16(9-10-31-2)23-18(25)13-5-8-15(21)17(11-13)24(28)29/h3-8,11,16H,9-10H2,1-2H3,(H,22,26)(H,23,25). The van der Waals surface area contributed by atoms with Crippen LogP contribution in [0, 0.1) is 10.1 Å². The minimum absolute atomic E-state index is 0.0143. The van der Waals surface area contributed by atoms with Gasteiger partial charge >= 0.3 is 5.97 Å². The van der Waals surface area contributed by atoms with Crippen LogP contribution in [-0.4, -0.2) is 47.9 Å². The van der Waals surface area contributed by atoms with Crippen LogP contribution in [0.4, 0.5) is 11.4 Å². The van der Waals surface area contributed by atoms with E-state index in [1.807, 2.05) is 6.26 Å². The van der Waals surface area contributed by atoms with Crippen molar-refractivity contribution in [1.29, 1.82) is 0 Å². The molecule has 2 rings (SSSR count). The Morgan fingerprint density at radius 3 is 2.39 bits per heavy atom. The predicted molar refractivity (Wildman–Crippen MR) is 119 cm³/mol. The number of halogens is 1. The Hall–Kier alpha value is -3.11. The van der Waals surface area contributed by atoms with Crippen molar-refractivity contribution in [1.82, 2.24) is 5.32 Å². The zero-order chi connectivity index (χ0) is 23.0. The highest BCUT2D eigenvalue weighted by atomic mass is 35.5. The number of hydrogen-bond acceptors (Lipinski definition) is 7. The Morgan fingerprint density at radius 1 is 1.16 bits per heavy atom. The van der Waals surface area contributed by atoms with E-state index in [0.29, 0.717) is 23.4 Å². The number of benzene rings is 2. The largest absolute Gasteiger partial charge is 0.465 e. The lowest BCUT2D eigenvalue weighted by Gasteiger charge is -2.18. The van der Waals surface area contributed by atoms with Crippen molar-refractivity contribution >= 4 is 52.5 Å². The molecular weight excluding hydrogens is 446 g/mol. The third kappa shape index (κ3) is 6.69. The van der Waals surface area contributed by atoms with E-state index >= 15 is 0 Å². The molecule has 2 amide bonds. The molecule has 0 aliphatic rings. The van der Waals surface area contributed by atoms with Gasteiger partial charge in [0.1, 0.15) is 11.1 Å². The van der Waals surface area contributed by atoms with Gasteiger partial charge < -0.3 is 15.4 Å². The summed E-state index contributed by atoms with van der Waals surface area (Å²) in [5, 5.41) is 16.3. The number of thioether (sulfide) groups is 1. The summed E-state index contributed by atoms with van der Waals surface area (Å²) < 4.78 is 4.63. The first-order valence-electron chi connectivity index (χ1n) is 8.99. The second-order valence-electron chi connectivity index (χ2n) is 6.29. The number of nitrogens with one attached hydrogen (secondary N) is 2. The van der Waals surface area contributed by atoms with E-state index in [9.17, 15) is 24.5 Å². The minimum Gasteiger partial charge on any atom is -0.465 e. The SMILES string of the molecule is COC(=O)c1ccc(NC(=O)C(CCSC)NC(=O)c2ccc(Cl)c([N+](=O)[O-])c2)cc1. The number of carbonyl (C=O) groups excluding carboxylic acids is 3. The molecule has 0 aliphatic carbocycles.